The number of hydrogen-bond donors (Lipinski definition) is 2. The maximum absolute atomic E-state index is 8.11. The molecule has 0 heterocycles. The summed E-state index contributed by atoms with van der Waals surface area (Å²) < 4.78 is 6.12. The molecule has 35 heavy (non-hydrogen) atoms. The second-order valence-corrected chi connectivity index (χ2v) is 13.7. The van der Waals surface area contributed by atoms with Crippen molar-refractivity contribution < 1.29 is 14.9 Å². The average molecular weight is 485 g/mol. The van der Waals surface area contributed by atoms with Gasteiger partial charge in [-0.1, -0.05) is 107 Å². The van der Waals surface area contributed by atoms with Crippen molar-refractivity contribution in [2.75, 3.05) is 0 Å². The zero-order valence-electron chi connectivity index (χ0n) is 24.3. The fourth-order valence-corrected chi connectivity index (χ4v) is 5.20. The van der Waals surface area contributed by atoms with E-state index in [1.165, 1.54) is 11.1 Å². The van der Waals surface area contributed by atoms with Crippen molar-refractivity contribution in [2.45, 2.75) is 119 Å². The van der Waals surface area contributed by atoms with E-state index in [9.17, 15) is 0 Å². The van der Waals surface area contributed by atoms with Gasteiger partial charge in [0.15, 0.2) is 6.29 Å². The van der Waals surface area contributed by atoms with E-state index in [1.807, 2.05) is 6.92 Å². The molecule has 0 atom stereocenters. The zero-order valence-corrected chi connectivity index (χ0v) is 24.3. The predicted octanol–water partition coefficient (Wildman–Crippen LogP) is 9.00. The summed E-state index contributed by atoms with van der Waals surface area (Å²) in [6.07, 6.45) is 2.50. The fraction of sp³-hybridized carbons (Fsp3) is 0.625. The Kier molecular flexibility index (Phi) is 11.1. The maximum Gasteiger partial charge on any atom is 0.151 e. The van der Waals surface area contributed by atoms with Crippen molar-refractivity contribution in [3.8, 4) is 11.5 Å². The van der Waals surface area contributed by atoms with Gasteiger partial charge in [-0.05, 0) is 76.3 Å². The molecule has 0 saturated carbocycles. The number of ether oxygens (including phenoxy) is 1. The van der Waals surface area contributed by atoms with E-state index >= 15 is 0 Å². The summed E-state index contributed by atoms with van der Waals surface area (Å²) in [7, 11) is 0. The fourth-order valence-electron chi connectivity index (χ4n) is 5.20. The van der Waals surface area contributed by atoms with E-state index in [2.05, 4.69) is 118 Å². The molecule has 2 aromatic carbocycles. The highest BCUT2D eigenvalue weighted by Gasteiger charge is 2.28. The standard InChI is InChI=1S/C28H42O.C4H10O2/c1-25(2,3)19-27(7,8)21-11-15-23(16-12-21)29-24-17-13-22(14-18-24)28(9,10)20-26(4,5)6;1-2-3-4(5)6/h11-18H,19-20H2,1-10H3;4-6H,2-3H2,1H3. The molecule has 0 aliphatic carbocycles. The molecule has 2 N–H and O–H groups in total. The van der Waals surface area contributed by atoms with Gasteiger partial charge in [-0.25, -0.2) is 0 Å². The highest BCUT2D eigenvalue weighted by atomic mass is 16.5. The summed E-state index contributed by atoms with van der Waals surface area (Å²) in [5.74, 6) is 1.78. The van der Waals surface area contributed by atoms with Crippen LogP contribution in [0.2, 0.25) is 0 Å². The van der Waals surface area contributed by atoms with E-state index in [1.54, 1.807) is 0 Å². The SMILES string of the molecule is CC(C)(C)CC(C)(C)c1ccc(Oc2ccc(C(C)(C)CC(C)(C)C)cc2)cc1.CCCC(O)O. The number of rotatable bonds is 8. The molecule has 0 fully saturated rings. The third kappa shape index (κ3) is 12.1. The van der Waals surface area contributed by atoms with E-state index in [-0.39, 0.29) is 10.8 Å². The van der Waals surface area contributed by atoms with Gasteiger partial charge < -0.3 is 14.9 Å². The van der Waals surface area contributed by atoms with Crippen LogP contribution in [0.25, 0.3) is 0 Å². The van der Waals surface area contributed by atoms with Gasteiger partial charge in [0.2, 0.25) is 0 Å². The lowest BCUT2D eigenvalue weighted by atomic mass is 9.72. The third-order valence-electron chi connectivity index (χ3n) is 6.00. The van der Waals surface area contributed by atoms with Gasteiger partial charge in [-0.15, -0.1) is 0 Å². The summed E-state index contributed by atoms with van der Waals surface area (Å²) in [6, 6.07) is 17.2. The number of aliphatic hydroxyl groups is 2. The van der Waals surface area contributed by atoms with E-state index in [0.717, 1.165) is 30.8 Å². The molecule has 0 aliphatic rings. The van der Waals surface area contributed by atoms with Crippen LogP contribution in [0.1, 0.15) is 113 Å². The van der Waals surface area contributed by atoms with Crippen LogP contribution in [0.3, 0.4) is 0 Å². The summed E-state index contributed by atoms with van der Waals surface area (Å²) in [5.41, 5.74) is 3.63. The highest BCUT2D eigenvalue weighted by molar-refractivity contribution is 5.37. The Morgan fingerprint density at radius 1 is 0.600 bits per heavy atom. The van der Waals surface area contributed by atoms with Crippen molar-refractivity contribution >= 4 is 0 Å². The van der Waals surface area contributed by atoms with Gasteiger partial charge in [-0.2, -0.15) is 0 Å². The second-order valence-electron chi connectivity index (χ2n) is 13.7. The van der Waals surface area contributed by atoms with Crippen LogP contribution in [-0.2, 0) is 10.8 Å². The molecule has 0 unspecified atom stereocenters. The minimum Gasteiger partial charge on any atom is -0.457 e. The molecule has 0 saturated heterocycles. The minimum absolute atomic E-state index is 0.150. The Hall–Kier alpha value is -1.84. The Morgan fingerprint density at radius 3 is 1.11 bits per heavy atom. The Labute approximate surface area is 215 Å². The highest BCUT2D eigenvalue weighted by Crippen LogP contribution is 2.38. The van der Waals surface area contributed by atoms with E-state index < -0.39 is 6.29 Å². The maximum atomic E-state index is 8.11. The van der Waals surface area contributed by atoms with E-state index in [4.69, 9.17) is 14.9 Å². The van der Waals surface area contributed by atoms with Gasteiger partial charge >= 0.3 is 0 Å². The van der Waals surface area contributed by atoms with Crippen molar-refractivity contribution in [1.29, 1.82) is 0 Å². The molecular weight excluding hydrogens is 432 g/mol. The predicted molar refractivity (Wildman–Crippen MR) is 150 cm³/mol. The summed E-state index contributed by atoms with van der Waals surface area (Å²) in [6.45, 7) is 25.0. The molecular formula is C32H52O3. The van der Waals surface area contributed by atoms with Crippen molar-refractivity contribution in [1.82, 2.24) is 0 Å². The first-order valence-electron chi connectivity index (χ1n) is 13.1. The van der Waals surface area contributed by atoms with Crippen LogP contribution < -0.4 is 4.74 Å². The lowest BCUT2D eigenvalue weighted by molar-refractivity contribution is -0.0453. The molecule has 0 aromatic heterocycles. The molecule has 3 nitrogen and oxygen atoms in total. The molecule has 2 rings (SSSR count). The first-order chi connectivity index (χ1) is 15.8. The number of aliphatic hydroxyl groups excluding tert-OH is 1. The molecule has 0 radical (unpaired) electrons. The van der Waals surface area contributed by atoms with Crippen LogP contribution in [0.5, 0.6) is 11.5 Å². The summed E-state index contributed by atoms with van der Waals surface area (Å²) in [5, 5.41) is 16.2. The zero-order chi connectivity index (χ0) is 27.1. The Balaban J connectivity index is 0.000000905. The topological polar surface area (TPSA) is 49.7 Å². The number of hydrogen-bond acceptors (Lipinski definition) is 3. The van der Waals surface area contributed by atoms with Crippen LogP contribution in [-0.4, -0.2) is 16.5 Å². The monoisotopic (exact) mass is 484 g/mol. The smallest absolute Gasteiger partial charge is 0.151 e. The Bertz CT molecular complexity index is 792. The molecule has 0 aliphatic heterocycles. The van der Waals surface area contributed by atoms with Crippen LogP contribution in [0, 0.1) is 10.8 Å². The molecule has 0 amide bonds. The first kappa shape index (κ1) is 31.2. The van der Waals surface area contributed by atoms with Crippen molar-refractivity contribution in [3.63, 3.8) is 0 Å². The lowest BCUT2D eigenvalue weighted by Crippen LogP contribution is -2.24. The average Bonchev–Trinajstić information content (AvgIpc) is 2.65. The van der Waals surface area contributed by atoms with Gasteiger partial charge in [0.1, 0.15) is 11.5 Å². The van der Waals surface area contributed by atoms with Crippen LogP contribution >= 0.6 is 0 Å². The van der Waals surface area contributed by atoms with Crippen molar-refractivity contribution in [2.24, 2.45) is 10.8 Å². The van der Waals surface area contributed by atoms with Crippen LogP contribution in [0.4, 0.5) is 0 Å². The summed E-state index contributed by atoms with van der Waals surface area (Å²) >= 11 is 0. The molecule has 198 valence electrons. The third-order valence-corrected chi connectivity index (χ3v) is 6.00. The quantitative estimate of drug-likeness (QED) is 0.367. The Morgan fingerprint density at radius 2 is 0.914 bits per heavy atom. The normalized spacial score (nSPS) is 12.9. The molecule has 0 bridgehead atoms. The lowest BCUT2D eigenvalue weighted by Gasteiger charge is -2.33. The minimum atomic E-state index is -1.10. The van der Waals surface area contributed by atoms with Gasteiger partial charge in [0.25, 0.3) is 0 Å². The molecule has 0 spiro atoms. The second kappa shape index (κ2) is 12.4. The summed E-state index contributed by atoms with van der Waals surface area (Å²) in [4.78, 5) is 0. The van der Waals surface area contributed by atoms with Gasteiger partial charge in [-0.3, -0.25) is 0 Å². The van der Waals surface area contributed by atoms with E-state index in [0.29, 0.717) is 17.3 Å². The first-order valence-corrected chi connectivity index (χ1v) is 13.1. The number of benzene rings is 2. The molecule has 3 heteroatoms. The van der Waals surface area contributed by atoms with Crippen molar-refractivity contribution in [3.05, 3.63) is 59.7 Å². The van der Waals surface area contributed by atoms with Crippen LogP contribution in [0.15, 0.2) is 48.5 Å². The van der Waals surface area contributed by atoms with Gasteiger partial charge in [0, 0.05) is 0 Å². The van der Waals surface area contributed by atoms with Gasteiger partial charge in [0.05, 0.1) is 0 Å². The largest absolute Gasteiger partial charge is 0.457 e. The molecule has 2 aromatic rings.